The summed E-state index contributed by atoms with van der Waals surface area (Å²) in [5, 5.41) is 1.14. The van der Waals surface area contributed by atoms with Crippen LogP contribution >= 0.6 is 11.6 Å². The number of carbonyl (C=O) groups is 2. The van der Waals surface area contributed by atoms with Gasteiger partial charge in [-0.3, -0.25) is 15.0 Å². The Morgan fingerprint density at radius 2 is 1.44 bits per heavy atom. The maximum absolute atomic E-state index is 13.2. The number of hydrogen-bond acceptors (Lipinski definition) is 2. The van der Waals surface area contributed by atoms with Gasteiger partial charge in [0.25, 0.3) is 11.8 Å². The molecule has 2 aromatic rings. The van der Waals surface area contributed by atoms with Crippen LogP contribution in [0.1, 0.15) is 47.1 Å². The third-order valence-corrected chi connectivity index (χ3v) is 4.00. The molecule has 8 heteroatoms. The predicted molar refractivity (Wildman–Crippen MR) is 96.3 cm³/mol. The topological polar surface area (TPSA) is 49.4 Å². The Bertz CT molecular complexity index is 861. The monoisotopic (exact) mass is 398 g/mol. The molecule has 0 atom stereocenters. The lowest BCUT2D eigenvalue weighted by Crippen LogP contribution is -2.56. The average Bonchev–Trinajstić information content (AvgIpc) is 2.57. The second-order valence-electron chi connectivity index (χ2n) is 6.78. The summed E-state index contributed by atoms with van der Waals surface area (Å²) in [5.41, 5.74) is -0.156. The number of hydrazine groups is 1. The van der Waals surface area contributed by atoms with E-state index in [1.165, 1.54) is 24.3 Å². The van der Waals surface area contributed by atoms with Crippen molar-refractivity contribution < 1.29 is 22.8 Å². The van der Waals surface area contributed by atoms with Crippen LogP contribution in [0.25, 0.3) is 0 Å². The Morgan fingerprint density at radius 3 is 1.96 bits per heavy atom. The van der Waals surface area contributed by atoms with Crippen molar-refractivity contribution in [2.45, 2.75) is 32.5 Å². The van der Waals surface area contributed by atoms with Gasteiger partial charge < -0.3 is 0 Å². The van der Waals surface area contributed by atoms with Crippen LogP contribution in [-0.4, -0.2) is 22.4 Å². The van der Waals surface area contributed by atoms with Gasteiger partial charge in [0.2, 0.25) is 0 Å². The maximum Gasteiger partial charge on any atom is 0.417 e. The van der Waals surface area contributed by atoms with Crippen molar-refractivity contribution in [3.8, 4) is 0 Å². The van der Waals surface area contributed by atoms with E-state index in [4.69, 9.17) is 11.6 Å². The van der Waals surface area contributed by atoms with Crippen LogP contribution in [0.4, 0.5) is 13.2 Å². The average molecular weight is 399 g/mol. The molecule has 0 radical (unpaired) electrons. The highest BCUT2D eigenvalue weighted by atomic mass is 35.5. The summed E-state index contributed by atoms with van der Waals surface area (Å²) in [5.74, 6) is -1.68. The number of amides is 2. The van der Waals surface area contributed by atoms with Gasteiger partial charge in [-0.05, 0) is 45.0 Å². The van der Waals surface area contributed by atoms with Crippen LogP contribution in [-0.2, 0) is 6.18 Å². The summed E-state index contributed by atoms with van der Waals surface area (Å²) >= 11 is 6.04. The molecule has 2 aromatic carbocycles. The van der Waals surface area contributed by atoms with E-state index in [0.29, 0.717) is 0 Å². The van der Waals surface area contributed by atoms with Crippen LogP contribution in [0.15, 0.2) is 48.5 Å². The SMILES string of the molecule is CC(C)(C)N(NC(=O)c1ccccc1C(F)(F)F)C(=O)c1ccccc1Cl. The maximum atomic E-state index is 13.2. The van der Waals surface area contributed by atoms with E-state index in [9.17, 15) is 22.8 Å². The number of benzene rings is 2. The Labute approximate surface area is 159 Å². The molecule has 2 amide bonds. The quantitative estimate of drug-likeness (QED) is 0.728. The summed E-state index contributed by atoms with van der Waals surface area (Å²) < 4.78 is 39.5. The first kappa shape index (κ1) is 20.8. The van der Waals surface area contributed by atoms with Crippen LogP contribution in [0.2, 0.25) is 5.02 Å². The summed E-state index contributed by atoms with van der Waals surface area (Å²) in [6.45, 7) is 4.91. The number of rotatable bonds is 2. The molecule has 0 saturated carbocycles. The fourth-order valence-electron chi connectivity index (χ4n) is 2.37. The van der Waals surface area contributed by atoms with Gasteiger partial charge in [0.05, 0.1) is 27.3 Å². The van der Waals surface area contributed by atoms with Gasteiger partial charge in [-0.2, -0.15) is 13.2 Å². The van der Waals surface area contributed by atoms with E-state index < -0.39 is 34.7 Å². The molecule has 27 heavy (non-hydrogen) atoms. The van der Waals surface area contributed by atoms with E-state index in [-0.39, 0.29) is 10.6 Å². The molecule has 1 N–H and O–H groups in total. The molecule has 0 aliphatic heterocycles. The van der Waals surface area contributed by atoms with Gasteiger partial charge in [0, 0.05) is 0 Å². The van der Waals surface area contributed by atoms with Crippen molar-refractivity contribution in [1.82, 2.24) is 10.4 Å². The number of carbonyl (C=O) groups excluding carboxylic acids is 2. The van der Waals surface area contributed by atoms with E-state index in [0.717, 1.165) is 17.1 Å². The summed E-state index contributed by atoms with van der Waals surface area (Å²) in [4.78, 5) is 25.4. The van der Waals surface area contributed by atoms with Gasteiger partial charge in [-0.1, -0.05) is 35.9 Å². The summed E-state index contributed by atoms with van der Waals surface area (Å²) in [6.07, 6.45) is -4.70. The highest BCUT2D eigenvalue weighted by Crippen LogP contribution is 2.32. The molecule has 0 bridgehead atoms. The number of nitrogens with one attached hydrogen (secondary N) is 1. The second-order valence-corrected chi connectivity index (χ2v) is 7.18. The Morgan fingerprint density at radius 1 is 0.926 bits per heavy atom. The third-order valence-electron chi connectivity index (χ3n) is 3.67. The molecule has 0 aromatic heterocycles. The molecule has 0 saturated heterocycles. The zero-order valence-corrected chi connectivity index (χ0v) is 15.7. The molecule has 0 heterocycles. The fourth-order valence-corrected chi connectivity index (χ4v) is 2.58. The molecule has 4 nitrogen and oxygen atoms in total. The number of hydrogen-bond donors (Lipinski definition) is 1. The second kappa shape index (κ2) is 7.60. The van der Waals surface area contributed by atoms with Gasteiger partial charge >= 0.3 is 6.18 Å². The summed E-state index contributed by atoms with van der Waals surface area (Å²) in [7, 11) is 0. The minimum Gasteiger partial charge on any atom is -0.267 e. The zero-order valence-electron chi connectivity index (χ0n) is 14.9. The van der Waals surface area contributed by atoms with Gasteiger partial charge in [-0.15, -0.1) is 0 Å². The van der Waals surface area contributed by atoms with Crippen molar-refractivity contribution in [3.05, 3.63) is 70.2 Å². The summed E-state index contributed by atoms with van der Waals surface area (Å²) in [6, 6.07) is 10.6. The highest BCUT2D eigenvalue weighted by Gasteiger charge is 2.36. The van der Waals surface area contributed by atoms with Crippen LogP contribution in [0, 0.1) is 0 Å². The number of halogens is 4. The number of nitrogens with zero attached hydrogens (tertiary/aromatic N) is 1. The molecule has 0 spiro atoms. The van der Waals surface area contributed by atoms with Crippen molar-refractivity contribution >= 4 is 23.4 Å². The minimum atomic E-state index is -4.70. The Hall–Kier alpha value is -2.54. The van der Waals surface area contributed by atoms with Crippen LogP contribution < -0.4 is 5.43 Å². The first-order chi connectivity index (χ1) is 12.4. The normalized spacial score (nSPS) is 11.8. The van der Waals surface area contributed by atoms with E-state index >= 15 is 0 Å². The molecule has 0 aliphatic rings. The van der Waals surface area contributed by atoms with E-state index in [1.807, 2.05) is 0 Å². The lowest BCUT2D eigenvalue weighted by atomic mass is 10.0. The standard InChI is InChI=1S/C19H18ClF3N2O2/c1-18(2,3)25(17(27)13-9-5-7-11-15(13)20)24-16(26)12-8-4-6-10-14(12)19(21,22)23/h4-11H,1-3H3,(H,24,26). The molecule has 0 fully saturated rings. The predicted octanol–water partition coefficient (Wildman–Crippen LogP) is 4.94. The molecule has 0 unspecified atom stereocenters. The van der Waals surface area contributed by atoms with Crippen LogP contribution in [0.5, 0.6) is 0 Å². The molecular formula is C19H18ClF3N2O2. The first-order valence-corrected chi connectivity index (χ1v) is 8.37. The molecule has 0 aliphatic carbocycles. The van der Waals surface area contributed by atoms with E-state index in [2.05, 4.69) is 5.43 Å². The van der Waals surface area contributed by atoms with E-state index in [1.54, 1.807) is 32.9 Å². The van der Waals surface area contributed by atoms with Gasteiger partial charge in [-0.25, -0.2) is 5.01 Å². The number of alkyl halides is 3. The molecular weight excluding hydrogens is 381 g/mol. The molecule has 144 valence electrons. The smallest absolute Gasteiger partial charge is 0.267 e. The van der Waals surface area contributed by atoms with Crippen molar-refractivity contribution in [3.63, 3.8) is 0 Å². The fraction of sp³-hybridized carbons (Fsp3) is 0.263. The zero-order chi connectivity index (χ0) is 20.4. The van der Waals surface area contributed by atoms with Gasteiger partial charge in [0.15, 0.2) is 0 Å². The van der Waals surface area contributed by atoms with Crippen molar-refractivity contribution in [2.24, 2.45) is 0 Å². The molecule has 2 rings (SSSR count). The lowest BCUT2D eigenvalue weighted by molar-refractivity contribution is -0.138. The lowest BCUT2D eigenvalue weighted by Gasteiger charge is -2.35. The van der Waals surface area contributed by atoms with Crippen molar-refractivity contribution in [1.29, 1.82) is 0 Å². The minimum absolute atomic E-state index is 0.124. The third kappa shape index (κ3) is 4.80. The Kier molecular flexibility index (Phi) is 5.85. The van der Waals surface area contributed by atoms with Crippen molar-refractivity contribution in [2.75, 3.05) is 0 Å². The van der Waals surface area contributed by atoms with Gasteiger partial charge in [0.1, 0.15) is 0 Å². The largest absolute Gasteiger partial charge is 0.417 e. The first-order valence-electron chi connectivity index (χ1n) is 7.99. The van der Waals surface area contributed by atoms with Crippen LogP contribution in [0.3, 0.4) is 0 Å². The Balaban J connectivity index is 2.40. The highest BCUT2D eigenvalue weighted by molar-refractivity contribution is 6.33.